The van der Waals surface area contributed by atoms with E-state index in [1.54, 1.807) is 19.1 Å². The van der Waals surface area contributed by atoms with Crippen LogP contribution in [-0.4, -0.2) is 14.5 Å². The van der Waals surface area contributed by atoms with E-state index >= 15 is 0 Å². The Balaban J connectivity index is 0.000000570. The summed E-state index contributed by atoms with van der Waals surface area (Å²) in [5, 5.41) is 0. The fraction of sp³-hybridized carbons (Fsp3) is 0.263. The van der Waals surface area contributed by atoms with Gasteiger partial charge < -0.3 is 4.98 Å². The minimum absolute atomic E-state index is 0.00570. The Morgan fingerprint density at radius 3 is 2.46 bits per heavy atom. The molecule has 2 heterocycles. The quantitative estimate of drug-likeness (QED) is 0.472. The number of fused-ring (bicyclic) bond motifs is 2. The van der Waals surface area contributed by atoms with E-state index in [4.69, 9.17) is 0 Å². The second kappa shape index (κ2) is 8.23. The maximum Gasteiger partial charge on any atom is 0.331 e. The van der Waals surface area contributed by atoms with Gasteiger partial charge in [0.2, 0.25) is 0 Å². The van der Waals surface area contributed by atoms with Crippen LogP contribution in [0, 0.1) is 18.6 Å². The molecule has 1 N–H and O–H groups in total. The zero-order chi connectivity index (χ0) is 19.4. The first kappa shape index (κ1) is 19.8. The van der Waals surface area contributed by atoms with Crippen molar-refractivity contribution < 1.29 is 8.78 Å². The molecule has 2 aromatic heterocycles. The number of aromatic amines is 1. The first-order chi connectivity index (χ1) is 12.6. The highest BCUT2D eigenvalue weighted by atomic mass is 32.1. The Labute approximate surface area is 154 Å². The second-order valence-corrected chi connectivity index (χ2v) is 5.89. The molecule has 0 aliphatic heterocycles. The van der Waals surface area contributed by atoms with Gasteiger partial charge in [-0.25, -0.2) is 18.6 Å². The lowest BCUT2D eigenvalue weighted by Crippen LogP contribution is -2.16. The molecule has 7 heteroatoms. The normalized spacial score (nSPS) is 10.3. The number of benzene rings is 2. The van der Waals surface area contributed by atoms with E-state index in [9.17, 15) is 13.6 Å². The Bertz CT molecular complexity index is 1100. The summed E-state index contributed by atoms with van der Waals surface area (Å²) in [6.07, 6.45) is 0. The predicted molar refractivity (Wildman–Crippen MR) is 104 cm³/mol. The van der Waals surface area contributed by atoms with Gasteiger partial charge in [0.1, 0.15) is 16.9 Å². The van der Waals surface area contributed by atoms with Crippen molar-refractivity contribution in [2.24, 2.45) is 0 Å². The van der Waals surface area contributed by atoms with Gasteiger partial charge in [0.25, 0.3) is 0 Å². The van der Waals surface area contributed by atoms with Gasteiger partial charge in [-0.2, -0.15) is 0 Å². The van der Waals surface area contributed by atoms with Gasteiger partial charge in [0.15, 0.2) is 5.82 Å². The molecule has 4 aromatic rings. The fourth-order valence-corrected chi connectivity index (χ4v) is 3.27. The van der Waals surface area contributed by atoms with E-state index in [0.717, 1.165) is 10.1 Å². The predicted octanol–water partition coefficient (Wildman–Crippen LogP) is 5.57. The van der Waals surface area contributed by atoms with Crippen molar-refractivity contribution in [1.29, 1.82) is 0 Å². The zero-order valence-corrected chi connectivity index (χ0v) is 16.2. The minimum atomic E-state index is -0.632. The Kier molecular flexibility index (Phi) is 6.26. The number of aromatic nitrogens is 3. The number of imidazole rings is 1. The van der Waals surface area contributed by atoms with Gasteiger partial charge in [0, 0.05) is 0 Å². The van der Waals surface area contributed by atoms with E-state index in [2.05, 4.69) is 9.97 Å². The maximum atomic E-state index is 14.7. The number of rotatable bonds is 1. The molecule has 2 aromatic carbocycles. The Morgan fingerprint density at radius 2 is 1.81 bits per heavy atom. The summed E-state index contributed by atoms with van der Waals surface area (Å²) in [5.41, 5.74) is 2.17. The van der Waals surface area contributed by atoms with E-state index in [1.807, 2.05) is 27.7 Å². The van der Waals surface area contributed by atoms with Crippen LogP contribution in [0.1, 0.15) is 33.3 Å². The first-order valence-corrected chi connectivity index (χ1v) is 9.37. The molecule has 0 amide bonds. The molecule has 0 fully saturated rings. The van der Waals surface area contributed by atoms with Gasteiger partial charge in [-0.3, -0.25) is 4.57 Å². The molecular weight excluding hydrogens is 356 g/mol. The fourth-order valence-electron chi connectivity index (χ4n) is 2.56. The molecule has 0 radical (unpaired) electrons. The molecular formula is C19H21F2N3OS. The lowest BCUT2D eigenvalue weighted by atomic mass is 10.2. The second-order valence-electron chi connectivity index (χ2n) is 5.01. The van der Waals surface area contributed by atoms with Gasteiger partial charge >= 0.3 is 5.69 Å². The average molecular weight is 377 g/mol. The lowest BCUT2D eigenvalue weighted by molar-refractivity contribution is 0.612. The van der Waals surface area contributed by atoms with Gasteiger partial charge in [-0.15, -0.1) is 11.3 Å². The smallest absolute Gasteiger partial charge is 0.305 e. The van der Waals surface area contributed by atoms with E-state index < -0.39 is 17.3 Å². The van der Waals surface area contributed by atoms with Crippen LogP contribution in [0.4, 0.5) is 8.78 Å². The van der Waals surface area contributed by atoms with Crippen molar-refractivity contribution >= 4 is 32.6 Å². The van der Waals surface area contributed by atoms with Gasteiger partial charge in [0.05, 0.1) is 21.4 Å². The number of thiazole rings is 1. The number of aryl methyl sites for hydroxylation is 1. The molecule has 26 heavy (non-hydrogen) atoms. The van der Waals surface area contributed by atoms with Crippen LogP contribution in [0.15, 0.2) is 34.6 Å². The number of hydrogen-bond donors (Lipinski definition) is 1. The monoisotopic (exact) mass is 377 g/mol. The molecule has 4 nitrogen and oxygen atoms in total. The molecule has 4 rings (SSSR count). The maximum absolute atomic E-state index is 14.7. The highest BCUT2D eigenvalue weighted by molar-refractivity contribution is 7.16. The molecule has 0 unspecified atom stereocenters. The third kappa shape index (κ3) is 3.26. The summed E-state index contributed by atoms with van der Waals surface area (Å²) in [5.74, 6) is -1.21. The topological polar surface area (TPSA) is 50.7 Å². The lowest BCUT2D eigenvalue weighted by Gasteiger charge is -2.06. The van der Waals surface area contributed by atoms with Crippen LogP contribution in [0.3, 0.4) is 0 Å². The molecule has 0 atom stereocenters. The highest BCUT2D eigenvalue weighted by Gasteiger charge is 2.19. The SMILES string of the molecule is CC.CC.Cc1ccc(-n2c(=O)[nH]c3cc4scnc4c(F)c32)c(F)c1. The van der Waals surface area contributed by atoms with Gasteiger partial charge in [-0.05, 0) is 30.7 Å². The Hall–Kier alpha value is -2.54. The van der Waals surface area contributed by atoms with Crippen LogP contribution >= 0.6 is 11.3 Å². The van der Waals surface area contributed by atoms with Crippen molar-refractivity contribution in [3.63, 3.8) is 0 Å². The first-order valence-electron chi connectivity index (χ1n) is 8.49. The van der Waals surface area contributed by atoms with Crippen LogP contribution < -0.4 is 5.69 Å². The Morgan fingerprint density at radius 1 is 1.12 bits per heavy atom. The third-order valence-corrected chi connectivity index (χ3v) is 4.33. The summed E-state index contributed by atoms with van der Waals surface area (Å²) in [7, 11) is 0. The van der Waals surface area contributed by atoms with Crippen LogP contribution in [0.2, 0.25) is 0 Å². The molecule has 0 aliphatic rings. The van der Waals surface area contributed by atoms with E-state index in [-0.39, 0.29) is 16.7 Å². The van der Waals surface area contributed by atoms with Crippen LogP contribution in [0.25, 0.3) is 26.9 Å². The molecule has 0 saturated carbocycles. The summed E-state index contributed by atoms with van der Waals surface area (Å²) < 4.78 is 30.5. The molecule has 0 saturated heterocycles. The number of halogens is 2. The van der Waals surface area contributed by atoms with E-state index in [0.29, 0.717) is 10.2 Å². The summed E-state index contributed by atoms with van der Waals surface area (Å²) >= 11 is 1.28. The summed E-state index contributed by atoms with van der Waals surface area (Å²) in [6, 6.07) is 6.09. The molecule has 0 aliphatic carbocycles. The van der Waals surface area contributed by atoms with Gasteiger partial charge in [-0.1, -0.05) is 33.8 Å². The number of nitrogens with zero attached hydrogens (tertiary/aromatic N) is 2. The van der Waals surface area contributed by atoms with Crippen molar-refractivity contribution in [3.05, 3.63) is 57.5 Å². The minimum Gasteiger partial charge on any atom is -0.305 e. The third-order valence-electron chi connectivity index (χ3n) is 3.55. The molecule has 0 spiro atoms. The summed E-state index contributed by atoms with van der Waals surface area (Å²) in [6.45, 7) is 9.74. The van der Waals surface area contributed by atoms with Crippen molar-refractivity contribution in [3.8, 4) is 5.69 Å². The molecule has 138 valence electrons. The highest BCUT2D eigenvalue weighted by Crippen LogP contribution is 2.29. The largest absolute Gasteiger partial charge is 0.331 e. The number of nitrogens with one attached hydrogen (secondary N) is 1. The molecule has 0 bridgehead atoms. The standard InChI is InChI=1S/C15H9F2N3OS.2C2H6/c1-7-2-3-10(8(16)4-7)20-14-9(19-15(20)21)5-11-13(12(14)17)18-6-22-11;2*1-2/h2-6H,1H3,(H,19,21);2*1-2H3. The van der Waals surface area contributed by atoms with E-state index in [1.165, 1.54) is 29.0 Å². The van der Waals surface area contributed by atoms with Crippen molar-refractivity contribution in [1.82, 2.24) is 14.5 Å². The number of hydrogen-bond acceptors (Lipinski definition) is 3. The summed E-state index contributed by atoms with van der Waals surface area (Å²) in [4.78, 5) is 18.7. The van der Waals surface area contributed by atoms with Crippen molar-refractivity contribution in [2.45, 2.75) is 34.6 Å². The van der Waals surface area contributed by atoms with Crippen molar-refractivity contribution in [2.75, 3.05) is 0 Å². The average Bonchev–Trinajstić information content (AvgIpc) is 3.23. The number of H-pyrrole nitrogens is 1. The van der Waals surface area contributed by atoms with Crippen LogP contribution in [0.5, 0.6) is 0 Å². The zero-order valence-electron chi connectivity index (χ0n) is 15.4. The van der Waals surface area contributed by atoms with Crippen LogP contribution in [-0.2, 0) is 0 Å².